The normalized spacial score (nSPS) is 33.7. The van der Waals surface area contributed by atoms with Crippen LogP contribution in [0.25, 0.3) is 0 Å². The van der Waals surface area contributed by atoms with Gasteiger partial charge < -0.3 is 10.6 Å². The van der Waals surface area contributed by atoms with Gasteiger partial charge in [0.05, 0.1) is 0 Å². The molecule has 15 heavy (non-hydrogen) atoms. The first-order valence-electron chi connectivity index (χ1n) is 6.44. The van der Waals surface area contributed by atoms with E-state index in [4.69, 9.17) is 5.73 Å². The van der Waals surface area contributed by atoms with Gasteiger partial charge in [-0.15, -0.1) is 0 Å². The molecule has 2 atom stereocenters. The van der Waals surface area contributed by atoms with E-state index in [0.29, 0.717) is 6.04 Å². The molecule has 1 heterocycles. The van der Waals surface area contributed by atoms with Gasteiger partial charge >= 0.3 is 0 Å². The number of nitrogens with two attached hydrogens (primary N) is 1. The van der Waals surface area contributed by atoms with Gasteiger partial charge in [-0.1, -0.05) is 25.5 Å². The van der Waals surface area contributed by atoms with E-state index in [9.17, 15) is 0 Å². The first-order chi connectivity index (χ1) is 7.28. The maximum atomic E-state index is 5.87. The van der Waals surface area contributed by atoms with Gasteiger partial charge in [-0.2, -0.15) is 0 Å². The predicted molar refractivity (Wildman–Crippen MR) is 64.7 cm³/mol. The average molecular weight is 208 g/mol. The van der Waals surface area contributed by atoms with Gasteiger partial charge in [-0.3, -0.25) is 0 Å². The molecule has 2 N–H and O–H groups in total. The molecule has 2 heteroatoms. The van der Waals surface area contributed by atoms with Crippen LogP contribution in [-0.4, -0.2) is 30.6 Å². The van der Waals surface area contributed by atoms with Gasteiger partial charge in [0, 0.05) is 12.6 Å². The maximum absolute atomic E-state index is 5.87. The van der Waals surface area contributed by atoms with E-state index in [1.54, 1.807) is 0 Å². The lowest BCUT2D eigenvalue weighted by atomic mass is 9.93. The van der Waals surface area contributed by atoms with Crippen LogP contribution < -0.4 is 5.73 Å². The molecule has 2 unspecified atom stereocenters. The van der Waals surface area contributed by atoms with Crippen LogP contribution >= 0.6 is 0 Å². The molecule has 86 valence electrons. The van der Waals surface area contributed by atoms with Crippen LogP contribution in [-0.2, 0) is 0 Å². The number of piperidine rings is 1. The fraction of sp³-hybridized carbons (Fsp3) is 0.846. The first-order valence-corrected chi connectivity index (χ1v) is 6.44. The summed E-state index contributed by atoms with van der Waals surface area (Å²) in [6, 6.07) is 0.322. The van der Waals surface area contributed by atoms with Gasteiger partial charge in [0.25, 0.3) is 0 Å². The van der Waals surface area contributed by atoms with E-state index in [0.717, 1.165) is 18.3 Å². The average Bonchev–Trinajstić information content (AvgIpc) is 2.65. The van der Waals surface area contributed by atoms with Crippen LogP contribution in [0.5, 0.6) is 0 Å². The van der Waals surface area contributed by atoms with Crippen LogP contribution in [0.15, 0.2) is 12.2 Å². The Bertz CT molecular complexity index is 217. The molecule has 2 aliphatic rings. The van der Waals surface area contributed by atoms with Crippen LogP contribution in [0, 0.1) is 11.8 Å². The summed E-state index contributed by atoms with van der Waals surface area (Å²) in [5.41, 5.74) is 5.87. The fourth-order valence-electron chi connectivity index (χ4n) is 2.85. The predicted octanol–water partition coefficient (Wildman–Crippen LogP) is 2.01. The Morgan fingerprint density at radius 3 is 2.53 bits per heavy atom. The molecule has 1 fully saturated rings. The molecule has 0 saturated carbocycles. The van der Waals surface area contributed by atoms with Crippen molar-refractivity contribution in [2.45, 2.75) is 38.6 Å². The first kappa shape index (κ1) is 11.2. The smallest absolute Gasteiger partial charge is 0.0229 e. The van der Waals surface area contributed by atoms with Crippen LogP contribution in [0.4, 0.5) is 0 Å². The molecular weight excluding hydrogens is 184 g/mol. The largest absolute Gasteiger partial charge is 0.324 e. The second kappa shape index (κ2) is 5.13. The highest BCUT2D eigenvalue weighted by Crippen LogP contribution is 2.23. The Labute approximate surface area is 93.5 Å². The third kappa shape index (κ3) is 3.05. The van der Waals surface area contributed by atoms with Crippen molar-refractivity contribution in [2.75, 3.05) is 19.6 Å². The molecule has 0 aromatic rings. The Kier molecular flexibility index (Phi) is 3.81. The molecule has 2 nitrogen and oxygen atoms in total. The highest BCUT2D eigenvalue weighted by atomic mass is 15.1. The maximum Gasteiger partial charge on any atom is 0.0229 e. The lowest BCUT2D eigenvalue weighted by Gasteiger charge is -2.32. The van der Waals surface area contributed by atoms with Gasteiger partial charge in [0.1, 0.15) is 0 Å². The lowest BCUT2D eigenvalue weighted by molar-refractivity contribution is 0.167. The zero-order valence-corrected chi connectivity index (χ0v) is 9.86. The summed E-state index contributed by atoms with van der Waals surface area (Å²) in [6.07, 6.45) is 9.81. The summed E-state index contributed by atoms with van der Waals surface area (Å²) < 4.78 is 0. The molecule has 1 aliphatic carbocycles. The van der Waals surface area contributed by atoms with Crippen LogP contribution in [0.2, 0.25) is 0 Å². The number of rotatable bonds is 3. The van der Waals surface area contributed by atoms with Crippen molar-refractivity contribution in [3.05, 3.63) is 12.2 Å². The second-order valence-electron chi connectivity index (χ2n) is 5.20. The zero-order chi connectivity index (χ0) is 10.7. The summed E-state index contributed by atoms with van der Waals surface area (Å²) in [5, 5.41) is 0. The third-order valence-corrected chi connectivity index (χ3v) is 3.98. The summed E-state index contributed by atoms with van der Waals surface area (Å²) >= 11 is 0. The van der Waals surface area contributed by atoms with E-state index < -0.39 is 0 Å². The molecule has 2 rings (SSSR count). The van der Waals surface area contributed by atoms with Crippen molar-refractivity contribution < 1.29 is 0 Å². The molecule has 0 aromatic heterocycles. The van der Waals surface area contributed by atoms with E-state index >= 15 is 0 Å². The summed E-state index contributed by atoms with van der Waals surface area (Å²) in [6.45, 7) is 6.16. The van der Waals surface area contributed by atoms with Crippen molar-refractivity contribution in [2.24, 2.45) is 17.6 Å². The molecule has 0 bridgehead atoms. The SMILES string of the molecule is CCC1CCN(CC2C=CC(N)C2)CC1. The van der Waals surface area contributed by atoms with Crippen molar-refractivity contribution in [1.82, 2.24) is 4.90 Å². The summed E-state index contributed by atoms with van der Waals surface area (Å²) in [4.78, 5) is 2.62. The van der Waals surface area contributed by atoms with E-state index in [2.05, 4.69) is 24.0 Å². The molecule has 0 radical (unpaired) electrons. The molecule has 0 amide bonds. The molecular formula is C13H24N2. The zero-order valence-electron chi connectivity index (χ0n) is 9.86. The van der Waals surface area contributed by atoms with Crippen molar-refractivity contribution in [3.63, 3.8) is 0 Å². The van der Waals surface area contributed by atoms with E-state index in [1.165, 1.54) is 38.9 Å². The molecule has 1 aliphatic heterocycles. The van der Waals surface area contributed by atoms with E-state index in [-0.39, 0.29) is 0 Å². The minimum atomic E-state index is 0.322. The quantitative estimate of drug-likeness (QED) is 0.719. The topological polar surface area (TPSA) is 29.3 Å². The van der Waals surface area contributed by atoms with Gasteiger partial charge in [0.2, 0.25) is 0 Å². The standard InChI is InChI=1S/C13H24N2/c1-2-11-5-7-15(8-6-11)10-12-3-4-13(14)9-12/h3-4,11-13H,2,5-10,14H2,1H3. The highest BCUT2D eigenvalue weighted by Gasteiger charge is 2.22. The molecule has 0 aromatic carbocycles. The number of hydrogen-bond acceptors (Lipinski definition) is 2. The minimum Gasteiger partial charge on any atom is -0.324 e. The lowest BCUT2D eigenvalue weighted by Crippen LogP contribution is -2.36. The Morgan fingerprint density at radius 1 is 1.27 bits per heavy atom. The van der Waals surface area contributed by atoms with Crippen molar-refractivity contribution in [1.29, 1.82) is 0 Å². The monoisotopic (exact) mass is 208 g/mol. The Balaban J connectivity index is 1.71. The van der Waals surface area contributed by atoms with Gasteiger partial charge in [-0.25, -0.2) is 0 Å². The Morgan fingerprint density at radius 2 is 2.00 bits per heavy atom. The van der Waals surface area contributed by atoms with Crippen molar-refractivity contribution in [3.8, 4) is 0 Å². The molecule has 0 spiro atoms. The van der Waals surface area contributed by atoms with Crippen LogP contribution in [0.3, 0.4) is 0 Å². The number of nitrogens with zero attached hydrogens (tertiary/aromatic N) is 1. The Hall–Kier alpha value is -0.340. The molecule has 1 saturated heterocycles. The number of hydrogen-bond donors (Lipinski definition) is 1. The third-order valence-electron chi connectivity index (χ3n) is 3.98. The summed E-state index contributed by atoms with van der Waals surface area (Å²) in [5.74, 6) is 1.71. The van der Waals surface area contributed by atoms with E-state index in [1.807, 2.05) is 0 Å². The van der Waals surface area contributed by atoms with Gasteiger partial charge in [0.15, 0.2) is 0 Å². The fourth-order valence-corrected chi connectivity index (χ4v) is 2.85. The van der Waals surface area contributed by atoms with Crippen LogP contribution in [0.1, 0.15) is 32.6 Å². The second-order valence-corrected chi connectivity index (χ2v) is 5.20. The highest BCUT2D eigenvalue weighted by molar-refractivity contribution is 5.05. The minimum absolute atomic E-state index is 0.322. The summed E-state index contributed by atoms with van der Waals surface area (Å²) in [7, 11) is 0. The van der Waals surface area contributed by atoms with Gasteiger partial charge in [-0.05, 0) is 44.2 Å². The number of likely N-dealkylation sites (tertiary alicyclic amines) is 1. The van der Waals surface area contributed by atoms with Crippen molar-refractivity contribution >= 4 is 0 Å².